The van der Waals surface area contributed by atoms with Gasteiger partial charge in [-0.15, -0.1) is 0 Å². The monoisotopic (exact) mass is 225 g/mol. The van der Waals surface area contributed by atoms with Crippen molar-refractivity contribution >= 4 is 0 Å². The van der Waals surface area contributed by atoms with Gasteiger partial charge < -0.3 is 15.0 Å². The van der Waals surface area contributed by atoms with Gasteiger partial charge in [0, 0.05) is 6.61 Å². The molecule has 0 aromatic carbocycles. The van der Waals surface area contributed by atoms with Crippen molar-refractivity contribution in [2.24, 2.45) is 11.7 Å². The van der Waals surface area contributed by atoms with Crippen LogP contribution in [0.3, 0.4) is 0 Å². The quantitative estimate of drug-likeness (QED) is 0.801. The van der Waals surface area contributed by atoms with Gasteiger partial charge >= 0.3 is 0 Å². The molecule has 2 rings (SSSR count). The Balaban J connectivity index is 2.09. The summed E-state index contributed by atoms with van der Waals surface area (Å²) in [5, 5.41) is 3.97. The van der Waals surface area contributed by atoms with Gasteiger partial charge in [0.2, 0.25) is 11.7 Å². The van der Waals surface area contributed by atoms with Crippen LogP contribution in [0.5, 0.6) is 0 Å². The average molecular weight is 225 g/mol. The van der Waals surface area contributed by atoms with Gasteiger partial charge in [-0.1, -0.05) is 12.1 Å². The highest BCUT2D eigenvalue weighted by Crippen LogP contribution is 2.42. The summed E-state index contributed by atoms with van der Waals surface area (Å²) in [5.41, 5.74) is 5.84. The van der Waals surface area contributed by atoms with E-state index in [2.05, 4.69) is 10.1 Å². The van der Waals surface area contributed by atoms with Crippen LogP contribution in [-0.4, -0.2) is 16.7 Å². The summed E-state index contributed by atoms with van der Waals surface area (Å²) >= 11 is 0. The lowest BCUT2D eigenvalue weighted by atomic mass is 10.2. The number of hydrogen-bond donors (Lipinski definition) is 1. The lowest BCUT2D eigenvalue weighted by Crippen LogP contribution is -2.11. The van der Waals surface area contributed by atoms with Crippen LogP contribution in [0.15, 0.2) is 4.52 Å². The standard InChI is InChI=1S/C11H19N3O2/c1-3-8(12)11-13-10(14-16-11)9(15-4-2)7-5-6-7/h7-9H,3-6,12H2,1-2H3. The third-order valence-corrected chi connectivity index (χ3v) is 2.87. The van der Waals surface area contributed by atoms with Crippen LogP contribution in [0, 0.1) is 5.92 Å². The van der Waals surface area contributed by atoms with Gasteiger partial charge in [0.15, 0.2) is 0 Å². The molecule has 1 aromatic heterocycles. The smallest absolute Gasteiger partial charge is 0.243 e. The van der Waals surface area contributed by atoms with Crippen molar-refractivity contribution in [3.8, 4) is 0 Å². The molecule has 1 fully saturated rings. The van der Waals surface area contributed by atoms with Gasteiger partial charge in [0.1, 0.15) is 6.10 Å². The normalized spacial score (nSPS) is 19.7. The third kappa shape index (κ3) is 2.41. The zero-order chi connectivity index (χ0) is 11.5. The number of hydrogen-bond acceptors (Lipinski definition) is 5. The van der Waals surface area contributed by atoms with Crippen molar-refractivity contribution in [1.29, 1.82) is 0 Å². The van der Waals surface area contributed by atoms with E-state index in [4.69, 9.17) is 15.0 Å². The summed E-state index contributed by atoms with van der Waals surface area (Å²) in [6.07, 6.45) is 3.17. The number of aromatic nitrogens is 2. The second-order valence-electron chi connectivity index (χ2n) is 4.22. The predicted octanol–water partition coefficient (Wildman–Crippen LogP) is 1.97. The molecule has 5 heteroatoms. The Labute approximate surface area is 95.3 Å². The van der Waals surface area contributed by atoms with Crippen LogP contribution in [-0.2, 0) is 4.74 Å². The fourth-order valence-corrected chi connectivity index (χ4v) is 1.69. The first-order chi connectivity index (χ1) is 7.76. The molecule has 1 saturated carbocycles. The van der Waals surface area contributed by atoms with Crippen LogP contribution in [0.2, 0.25) is 0 Å². The van der Waals surface area contributed by atoms with Crippen molar-refractivity contribution < 1.29 is 9.26 Å². The average Bonchev–Trinajstić information content (AvgIpc) is 3.02. The molecule has 0 bridgehead atoms. The van der Waals surface area contributed by atoms with Crippen molar-refractivity contribution in [1.82, 2.24) is 10.1 Å². The number of nitrogens with two attached hydrogens (primary N) is 1. The summed E-state index contributed by atoms with van der Waals surface area (Å²) < 4.78 is 10.8. The molecule has 1 heterocycles. The van der Waals surface area contributed by atoms with E-state index in [1.807, 2.05) is 13.8 Å². The van der Waals surface area contributed by atoms with Crippen LogP contribution in [0.25, 0.3) is 0 Å². The van der Waals surface area contributed by atoms with Crippen LogP contribution in [0.4, 0.5) is 0 Å². The molecule has 90 valence electrons. The molecule has 2 N–H and O–H groups in total. The Morgan fingerprint density at radius 3 is 2.81 bits per heavy atom. The minimum absolute atomic E-state index is 0.00782. The van der Waals surface area contributed by atoms with Gasteiger partial charge in [0.05, 0.1) is 6.04 Å². The van der Waals surface area contributed by atoms with Crippen LogP contribution in [0.1, 0.15) is 57.0 Å². The fraction of sp³-hybridized carbons (Fsp3) is 0.818. The van der Waals surface area contributed by atoms with Gasteiger partial charge in [-0.25, -0.2) is 0 Å². The van der Waals surface area contributed by atoms with Gasteiger partial charge in [-0.2, -0.15) is 4.98 Å². The van der Waals surface area contributed by atoms with Crippen LogP contribution < -0.4 is 5.73 Å². The maximum atomic E-state index is 5.84. The Kier molecular flexibility index (Phi) is 3.56. The van der Waals surface area contributed by atoms with Gasteiger partial charge in [-0.3, -0.25) is 0 Å². The summed E-state index contributed by atoms with van der Waals surface area (Å²) in [6.45, 7) is 4.65. The highest BCUT2D eigenvalue weighted by Gasteiger charge is 2.36. The molecule has 0 saturated heterocycles. The molecule has 0 aliphatic heterocycles. The van der Waals surface area contributed by atoms with E-state index in [0.29, 0.717) is 24.2 Å². The fourth-order valence-electron chi connectivity index (χ4n) is 1.69. The van der Waals surface area contributed by atoms with Crippen molar-refractivity contribution in [2.45, 2.75) is 45.3 Å². The van der Waals surface area contributed by atoms with Gasteiger partial charge in [-0.05, 0) is 32.1 Å². The number of nitrogens with zero attached hydrogens (tertiary/aromatic N) is 2. The van der Waals surface area contributed by atoms with E-state index in [1.54, 1.807) is 0 Å². The van der Waals surface area contributed by atoms with Crippen molar-refractivity contribution in [3.05, 3.63) is 11.7 Å². The molecule has 2 unspecified atom stereocenters. The van der Waals surface area contributed by atoms with E-state index in [-0.39, 0.29) is 12.1 Å². The molecular weight excluding hydrogens is 206 g/mol. The summed E-state index contributed by atoms with van der Waals surface area (Å²) in [7, 11) is 0. The zero-order valence-corrected chi connectivity index (χ0v) is 9.85. The largest absolute Gasteiger partial charge is 0.370 e. The molecule has 1 aliphatic carbocycles. The molecule has 0 amide bonds. The van der Waals surface area contributed by atoms with Crippen molar-refractivity contribution in [2.75, 3.05) is 6.61 Å². The first-order valence-electron chi connectivity index (χ1n) is 5.96. The lowest BCUT2D eigenvalue weighted by molar-refractivity contribution is 0.0384. The van der Waals surface area contributed by atoms with E-state index in [0.717, 1.165) is 6.42 Å². The summed E-state index contributed by atoms with van der Waals surface area (Å²) in [5.74, 6) is 1.73. The van der Waals surface area contributed by atoms with Crippen molar-refractivity contribution in [3.63, 3.8) is 0 Å². The van der Waals surface area contributed by atoms with Crippen LogP contribution >= 0.6 is 0 Å². The Morgan fingerprint density at radius 2 is 2.25 bits per heavy atom. The molecule has 1 aliphatic rings. The van der Waals surface area contributed by atoms with E-state index in [9.17, 15) is 0 Å². The first kappa shape index (κ1) is 11.5. The first-order valence-corrected chi connectivity index (χ1v) is 5.96. The third-order valence-electron chi connectivity index (χ3n) is 2.87. The number of ether oxygens (including phenoxy) is 1. The maximum Gasteiger partial charge on any atom is 0.243 e. The summed E-state index contributed by atoms with van der Waals surface area (Å²) in [4.78, 5) is 4.33. The Morgan fingerprint density at radius 1 is 1.50 bits per heavy atom. The van der Waals surface area contributed by atoms with Gasteiger partial charge in [0.25, 0.3) is 0 Å². The second kappa shape index (κ2) is 4.93. The molecular formula is C11H19N3O2. The molecule has 5 nitrogen and oxygen atoms in total. The molecule has 1 aromatic rings. The minimum atomic E-state index is -0.164. The molecule has 0 spiro atoms. The topological polar surface area (TPSA) is 74.2 Å². The van der Waals surface area contributed by atoms with E-state index in [1.165, 1.54) is 12.8 Å². The zero-order valence-electron chi connectivity index (χ0n) is 9.85. The summed E-state index contributed by atoms with van der Waals surface area (Å²) in [6, 6.07) is -0.164. The molecule has 16 heavy (non-hydrogen) atoms. The lowest BCUT2D eigenvalue weighted by Gasteiger charge is -2.11. The predicted molar refractivity (Wildman–Crippen MR) is 58.6 cm³/mol. The highest BCUT2D eigenvalue weighted by atomic mass is 16.5. The maximum absolute atomic E-state index is 5.84. The SMILES string of the molecule is CCOC(c1noc(C(N)CC)n1)C1CC1. The second-order valence-corrected chi connectivity index (χ2v) is 4.22. The molecule has 0 radical (unpaired) electrons. The van der Waals surface area contributed by atoms with E-state index < -0.39 is 0 Å². The molecule has 2 atom stereocenters. The highest BCUT2D eigenvalue weighted by molar-refractivity contribution is 5.00. The minimum Gasteiger partial charge on any atom is -0.370 e. The van der Waals surface area contributed by atoms with E-state index >= 15 is 0 Å². The number of rotatable bonds is 6. The Hall–Kier alpha value is -0.940. The Bertz CT molecular complexity index is 336.